The molecule has 0 bridgehead atoms. The summed E-state index contributed by atoms with van der Waals surface area (Å²) in [7, 11) is 3.67. The van der Waals surface area contributed by atoms with Crippen molar-refractivity contribution in [1.82, 2.24) is 14.5 Å². The molecular formula is C26H28Cl2N4O2. The minimum Gasteiger partial charge on any atom is -0.495 e. The fourth-order valence-corrected chi connectivity index (χ4v) is 4.63. The van der Waals surface area contributed by atoms with Gasteiger partial charge in [0.05, 0.1) is 23.9 Å². The number of carbonyl (C=O) groups excluding carboxylic acids is 1. The maximum atomic E-state index is 13.9. The van der Waals surface area contributed by atoms with Crippen LogP contribution in [-0.4, -0.2) is 53.6 Å². The minimum atomic E-state index is 0. The first-order valence-corrected chi connectivity index (χ1v) is 10.8. The lowest BCUT2D eigenvalue weighted by atomic mass is 10.0. The molecule has 2 aromatic heterocycles. The van der Waals surface area contributed by atoms with Gasteiger partial charge < -0.3 is 19.1 Å². The van der Waals surface area contributed by atoms with Crippen molar-refractivity contribution in [2.45, 2.75) is 0 Å². The molecule has 1 fully saturated rings. The standard InChI is InChI=1S/C26H26N4O2.2ClH/c1-28-24(19-9-4-3-5-10-19)23(20-11-8-12-21(32-2)25(20)28)26(31)30-17-15-29(16-18-30)22-13-6-7-14-27-22;;/h3-14H,15-18H2,1-2H3;2*1H. The summed E-state index contributed by atoms with van der Waals surface area (Å²) in [5.74, 6) is 1.78. The zero-order valence-corrected chi connectivity index (χ0v) is 20.8. The Kier molecular flexibility index (Phi) is 8.07. The summed E-state index contributed by atoms with van der Waals surface area (Å²) < 4.78 is 7.73. The van der Waals surface area contributed by atoms with E-state index < -0.39 is 0 Å². The molecule has 5 rings (SSSR count). The second-order valence-corrected chi connectivity index (χ2v) is 7.97. The van der Waals surface area contributed by atoms with Crippen molar-refractivity contribution in [3.05, 3.63) is 78.5 Å². The zero-order chi connectivity index (χ0) is 22.1. The summed E-state index contributed by atoms with van der Waals surface area (Å²) in [6, 6.07) is 21.9. The number of halogens is 2. The summed E-state index contributed by atoms with van der Waals surface area (Å²) in [5.41, 5.74) is 3.61. The van der Waals surface area contributed by atoms with Crippen LogP contribution >= 0.6 is 24.8 Å². The summed E-state index contributed by atoms with van der Waals surface area (Å²) in [5, 5.41) is 0.919. The van der Waals surface area contributed by atoms with Gasteiger partial charge in [-0.3, -0.25) is 4.79 Å². The van der Waals surface area contributed by atoms with Crippen molar-refractivity contribution in [3.63, 3.8) is 0 Å². The van der Waals surface area contributed by atoms with Crippen LogP contribution in [0.3, 0.4) is 0 Å². The van der Waals surface area contributed by atoms with E-state index in [4.69, 9.17) is 4.74 Å². The molecule has 3 heterocycles. The van der Waals surface area contributed by atoms with Gasteiger partial charge in [-0.25, -0.2) is 4.98 Å². The van der Waals surface area contributed by atoms with Crippen molar-refractivity contribution >= 4 is 47.4 Å². The molecule has 1 amide bonds. The molecule has 4 aromatic rings. The molecular weight excluding hydrogens is 471 g/mol. The van der Waals surface area contributed by atoms with Crippen molar-refractivity contribution in [2.24, 2.45) is 7.05 Å². The third kappa shape index (κ3) is 4.43. The fourth-order valence-electron chi connectivity index (χ4n) is 4.63. The number of ether oxygens (including phenoxy) is 1. The summed E-state index contributed by atoms with van der Waals surface area (Å²) in [4.78, 5) is 22.5. The number of methoxy groups -OCH3 is 1. The molecule has 34 heavy (non-hydrogen) atoms. The number of benzene rings is 2. The molecule has 0 unspecified atom stereocenters. The Morgan fingerprint density at radius 1 is 0.882 bits per heavy atom. The number of fused-ring (bicyclic) bond motifs is 1. The highest BCUT2D eigenvalue weighted by atomic mass is 35.5. The summed E-state index contributed by atoms with van der Waals surface area (Å²) in [6.07, 6.45) is 1.81. The second kappa shape index (κ2) is 10.8. The van der Waals surface area contributed by atoms with E-state index in [1.54, 1.807) is 7.11 Å². The van der Waals surface area contributed by atoms with Gasteiger partial charge in [-0.1, -0.05) is 48.5 Å². The average molecular weight is 499 g/mol. The Hall–Kier alpha value is -3.22. The summed E-state index contributed by atoms with van der Waals surface area (Å²) >= 11 is 0. The molecule has 6 nitrogen and oxygen atoms in total. The van der Waals surface area contributed by atoms with E-state index in [0.29, 0.717) is 13.1 Å². The number of nitrogens with zero attached hydrogens (tertiary/aromatic N) is 4. The Labute approximate surface area is 212 Å². The van der Waals surface area contributed by atoms with Crippen molar-refractivity contribution in [1.29, 1.82) is 0 Å². The van der Waals surface area contributed by atoms with Gasteiger partial charge in [0.1, 0.15) is 11.6 Å². The quantitative estimate of drug-likeness (QED) is 0.394. The van der Waals surface area contributed by atoms with Crippen LogP contribution in [0.5, 0.6) is 5.75 Å². The normalized spacial score (nSPS) is 13.2. The molecule has 2 aromatic carbocycles. The molecule has 1 saturated heterocycles. The Bertz CT molecular complexity index is 1250. The predicted octanol–water partition coefficient (Wildman–Crippen LogP) is 5.05. The first-order valence-electron chi connectivity index (χ1n) is 10.8. The van der Waals surface area contributed by atoms with E-state index in [1.165, 1.54) is 0 Å². The van der Waals surface area contributed by atoms with E-state index in [-0.39, 0.29) is 30.7 Å². The predicted molar refractivity (Wildman–Crippen MR) is 142 cm³/mol. The van der Waals surface area contributed by atoms with Crippen molar-refractivity contribution in [3.8, 4) is 17.0 Å². The number of piperazine rings is 1. The van der Waals surface area contributed by atoms with Gasteiger partial charge in [-0.15, -0.1) is 24.8 Å². The number of amides is 1. The number of hydrogen-bond donors (Lipinski definition) is 0. The van der Waals surface area contributed by atoms with Crippen LogP contribution in [0.15, 0.2) is 72.9 Å². The molecule has 8 heteroatoms. The third-order valence-corrected chi connectivity index (χ3v) is 6.20. The van der Waals surface area contributed by atoms with Gasteiger partial charge in [-0.05, 0) is 23.8 Å². The van der Waals surface area contributed by atoms with Crippen LogP contribution in [0.25, 0.3) is 22.2 Å². The lowest BCUT2D eigenvalue weighted by Gasteiger charge is -2.35. The van der Waals surface area contributed by atoms with E-state index in [1.807, 2.05) is 72.7 Å². The monoisotopic (exact) mass is 498 g/mol. The largest absolute Gasteiger partial charge is 0.495 e. The number of carbonyl (C=O) groups is 1. The molecule has 0 aliphatic carbocycles. The minimum absolute atomic E-state index is 0. The molecule has 0 radical (unpaired) electrons. The van der Waals surface area contributed by atoms with Crippen LogP contribution < -0.4 is 9.64 Å². The van der Waals surface area contributed by atoms with Gasteiger partial charge in [0.15, 0.2) is 0 Å². The van der Waals surface area contributed by atoms with Gasteiger partial charge in [0.25, 0.3) is 5.91 Å². The van der Waals surface area contributed by atoms with Gasteiger partial charge >= 0.3 is 0 Å². The number of anilines is 1. The molecule has 0 spiro atoms. The van der Waals surface area contributed by atoms with Gasteiger partial charge in [-0.2, -0.15) is 0 Å². The van der Waals surface area contributed by atoms with Crippen LogP contribution in [0.1, 0.15) is 10.4 Å². The first-order chi connectivity index (χ1) is 15.7. The Morgan fingerprint density at radius 2 is 1.59 bits per heavy atom. The smallest absolute Gasteiger partial charge is 0.256 e. The number of aromatic nitrogens is 2. The highest BCUT2D eigenvalue weighted by Gasteiger charge is 2.29. The van der Waals surface area contributed by atoms with E-state index in [0.717, 1.165) is 52.4 Å². The zero-order valence-electron chi connectivity index (χ0n) is 19.2. The van der Waals surface area contributed by atoms with E-state index in [2.05, 4.69) is 26.6 Å². The first kappa shape index (κ1) is 25.4. The number of para-hydroxylation sites is 1. The topological polar surface area (TPSA) is 50.6 Å². The third-order valence-electron chi connectivity index (χ3n) is 6.20. The van der Waals surface area contributed by atoms with Crippen LogP contribution in [0, 0.1) is 0 Å². The Balaban J connectivity index is 0.00000162. The van der Waals surface area contributed by atoms with Crippen LogP contribution in [0.4, 0.5) is 5.82 Å². The van der Waals surface area contributed by atoms with Crippen LogP contribution in [0.2, 0.25) is 0 Å². The molecule has 0 atom stereocenters. The lowest BCUT2D eigenvalue weighted by Crippen LogP contribution is -2.49. The average Bonchev–Trinajstić information content (AvgIpc) is 3.17. The lowest BCUT2D eigenvalue weighted by molar-refractivity contribution is 0.0749. The van der Waals surface area contributed by atoms with Crippen molar-refractivity contribution < 1.29 is 9.53 Å². The highest BCUT2D eigenvalue weighted by Crippen LogP contribution is 2.38. The number of rotatable bonds is 4. The van der Waals surface area contributed by atoms with E-state index in [9.17, 15) is 4.79 Å². The molecule has 0 N–H and O–H groups in total. The highest BCUT2D eigenvalue weighted by molar-refractivity contribution is 6.14. The van der Waals surface area contributed by atoms with Crippen molar-refractivity contribution in [2.75, 3.05) is 38.2 Å². The second-order valence-electron chi connectivity index (χ2n) is 7.97. The molecule has 178 valence electrons. The van der Waals surface area contributed by atoms with Gasteiger partial charge in [0.2, 0.25) is 0 Å². The number of aryl methyl sites for hydroxylation is 1. The van der Waals surface area contributed by atoms with Crippen LogP contribution in [-0.2, 0) is 7.05 Å². The number of hydrogen-bond acceptors (Lipinski definition) is 4. The maximum absolute atomic E-state index is 13.9. The number of pyridine rings is 1. The molecule has 1 aliphatic heterocycles. The van der Waals surface area contributed by atoms with Gasteiger partial charge in [0, 0.05) is 44.8 Å². The molecule has 0 saturated carbocycles. The SMILES string of the molecule is COc1cccc2c(C(=O)N3CCN(c4ccccn4)CC3)c(-c3ccccc3)n(C)c12.Cl.Cl. The van der Waals surface area contributed by atoms with E-state index >= 15 is 0 Å². The maximum Gasteiger partial charge on any atom is 0.256 e. The summed E-state index contributed by atoms with van der Waals surface area (Å²) in [6.45, 7) is 2.84. The Morgan fingerprint density at radius 3 is 2.24 bits per heavy atom. The fraction of sp³-hybridized carbons (Fsp3) is 0.231. The molecule has 1 aliphatic rings.